The predicted molar refractivity (Wildman–Crippen MR) is 132 cm³/mol. The van der Waals surface area contributed by atoms with Gasteiger partial charge in [0.05, 0.1) is 13.0 Å². The van der Waals surface area contributed by atoms with Gasteiger partial charge in [-0.25, -0.2) is 4.79 Å². The number of hydrogen-bond acceptors (Lipinski definition) is 5. The van der Waals surface area contributed by atoms with Crippen molar-refractivity contribution in [1.29, 1.82) is 0 Å². The molecule has 35 heavy (non-hydrogen) atoms. The van der Waals surface area contributed by atoms with E-state index in [1.54, 1.807) is 0 Å². The van der Waals surface area contributed by atoms with Crippen molar-refractivity contribution in [2.75, 3.05) is 20.3 Å². The Morgan fingerprint density at radius 1 is 0.971 bits per heavy atom. The van der Waals surface area contributed by atoms with Gasteiger partial charge in [0.2, 0.25) is 5.91 Å². The summed E-state index contributed by atoms with van der Waals surface area (Å²) >= 11 is 0. The number of fused-ring (bicyclic) bond motifs is 3. The minimum absolute atomic E-state index is 0.105. The van der Waals surface area contributed by atoms with Crippen molar-refractivity contribution in [1.82, 2.24) is 10.6 Å². The summed E-state index contributed by atoms with van der Waals surface area (Å²) in [7, 11) is 1.42. The normalized spacial score (nSPS) is 15.3. The number of nitrogens with one attached hydrogen (secondary N) is 2. The summed E-state index contributed by atoms with van der Waals surface area (Å²) in [4.78, 5) is 37.3. The SMILES string of the molecule is COCC(C)(NC(=O)OCC1c2ccccc2-c2ccccc21)C(=O)NC(CC(=O)O)C(C)(C)C. The van der Waals surface area contributed by atoms with Gasteiger partial charge in [-0.1, -0.05) is 69.3 Å². The number of benzene rings is 2. The van der Waals surface area contributed by atoms with Gasteiger partial charge in [0, 0.05) is 19.1 Å². The Bertz CT molecular complexity index is 1050. The third kappa shape index (κ3) is 6.00. The van der Waals surface area contributed by atoms with E-state index in [1.807, 2.05) is 57.2 Å². The van der Waals surface area contributed by atoms with E-state index in [2.05, 4.69) is 22.8 Å². The molecule has 8 nitrogen and oxygen atoms in total. The van der Waals surface area contributed by atoms with Gasteiger partial charge >= 0.3 is 12.1 Å². The lowest BCUT2D eigenvalue weighted by molar-refractivity contribution is -0.139. The Morgan fingerprint density at radius 2 is 1.51 bits per heavy atom. The number of carboxylic acids is 1. The Kier molecular flexibility index (Phi) is 7.85. The Labute approximate surface area is 206 Å². The van der Waals surface area contributed by atoms with Crippen LogP contribution in [0.15, 0.2) is 48.5 Å². The van der Waals surface area contributed by atoms with Crippen molar-refractivity contribution in [3.05, 3.63) is 59.7 Å². The molecule has 1 aliphatic rings. The fourth-order valence-electron chi connectivity index (χ4n) is 4.37. The maximum absolute atomic E-state index is 13.2. The third-order valence-corrected chi connectivity index (χ3v) is 6.39. The Hall–Kier alpha value is -3.39. The van der Waals surface area contributed by atoms with Gasteiger partial charge in [0.25, 0.3) is 0 Å². The number of alkyl carbamates (subject to hydrolysis) is 1. The van der Waals surface area contributed by atoms with Crippen molar-refractivity contribution in [2.45, 2.75) is 51.6 Å². The zero-order valence-corrected chi connectivity index (χ0v) is 20.9. The van der Waals surface area contributed by atoms with Crippen molar-refractivity contribution in [3.63, 3.8) is 0 Å². The first-order valence-electron chi connectivity index (χ1n) is 11.6. The molecule has 0 fully saturated rings. The molecule has 2 amide bonds. The lowest BCUT2D eigenvalue weighted by Gasteiger charge is -2.35. The summed E-state index contributed by atoms with van der Waals surface area (Å²) in [5.74, 6) is -1.69. The summed E-state index contributed by atoms with van der Waals surface area (Å²) < 4.78 is 10.8. The number of carbonyl (C=O) groups excluding carboxylic acids is 2. The van der Waals surface area contributed by atoms with Crippen LogP contribution in [-0.4, -0.2) is 55.0 Å². The summed E-state index contributed by atoms with van der Waals surface area (Å²) in [5.41, 5.74) is 2.44. The van der Waals surface area contributed by atoms with Crippen molar-refractivity contribution < 1.29 is 29.0 Å². The molecule has 3 N–H and O–H groups in total. The minimum atomic E-state index is -1.46. The van der Waals surface area contributed by atoms with Gasteiger partial charge in [-0.05, 0) is 34.6 Å². The molecule has 0 aromatic heterocycles. The van der Waals surface area contributed by atoms with Crippen LogP contribution in [0.4, 0.5) is 4.79 Å². The second-order valence-electron chi connectivity index (χ2n) is 10.2. The Balaban J connectivity index is 1.71. The molecular weight excluding hydrogens is 448 g/mol. The van der Waals surface area contributed by atoms with Gasteiger partial charge in [-0.3, -0.25) is 9.59 Å². The molecule has 0 saturated carbocycles. The summed E-state index contributed by atoms with van der Waals surface area (Å²) in [6, 6.07) is 15.4. The molecule has 0 bridgehead atoms. The highest BCUT2D eigenvalue weighted by atomic mass is 16.5. The number of rotatable bonds is 9. The number of carbonyl (C=O) groups is 3. The molecule has 2 aromatic rings. The molecule has 2 unspecified atom stereocenters. The van der Waals surface area contributed by atoms with Crippen molar-refractivity contribution in [2.24, 2.45) is 5.41 Å². The van der Waals surface area contributed by atoms with Crippen LogP contribution in [0.1, 0.15) is 51.2 Å². The lowest BCUT2D eigenvalue weighted by atomic mass is 9.84. The first-order valence-corrected chi connectivity index (χ1v) is 11.6. The predicted octanol–water partition coefficient (Wildman–Crippen LogP) is 3.94. The van der Waals surface area contributed by atoms with E-state index in [-0.39, 0.29) is 25.6 Å². The molecule has 0 heterocycles. The first-order chi connectivity index (χ1) is 16.5. The van der Waals surface area contributed by atoms with Crippen LogP contribution in [0.3, 0.4) is 0 Å². The maximum atomic E-state index is 13.2. The molecular formula is C27H34N2O6. The number of amides is 2. The maximum Gasteiger partial charge on any atom is 0.408 e. The molecule has 1 aliphatic carbocycles. The van der Waals surface area contributed by atoms with Crippen LogP contribution in [0.2, 0.25) is 0 Å². The minimum Gasteiger partial charge on any atom is -0.481 e. The number of hydrogen-bond donors (Lipinski definition) is 3. The van der Waals surface area contributed by atoms with Crippen LogP contribution in [0.5, 0.6) is 0 Å². The van der Waals surface area contributed by atoms with E-state index in [0.29, 0.717) is 0 Å². The quantitative estimate of drug-likeness (QED) is 0.499. The van der Waals surface area contributed by atoms with Crippen LogP contribution in [-0.2, 0) is 19.1 Å². The topological polar surface area (TPSA) is 114 Å². The molecule has 188 valence electrons. The number of ether oxygens (including phenoxy) is 2. The van der Waals surface area contributed by atoms with Gasteiger partial charge in [0.1, 0.15) is 12.1 Å². The molecule has 3 rings (SSSR count). The van der Waals surface area contributed by atoms with Gasteiger partial charge in [0.15, 0.2) is 0 Å². The smallest absolute Gasteiger partial charge is 0.408 e. The van der Waals surface area contributed by atoms with Crippen molar-refractivity contribution >= 4 is 18.0 Å². The van der Waals surface area contributed by atoms with E-state index < -0.39 is 35.0 Å². The van der Waals surface area contributed by atoms with Crippen LogP contribution in [0.25, 0.3) is 11.1 Å². The second-order valence-corrected chi connectivity index (χ2v) is 10.2. The summed E-state index contributed by atoms with van der Waals surface area (Å²) in [6.07, 6.45) is -1.00. The van der Waals surface area contributed by atoms with Gasteiger partial charge in [-0.15, -0.1) is 0 Å². The number of methoxy groups -OCH3 is 1. The summed E-state index contributed by atoms with van der Waals surface area (Å²) in [6.45, 7) is 7.03. The average Bonchev–Trinajstić information content (AvgIpc) is 3.10. The van der Waals surface area contributed by atoms with Gasteiger partial charge in [-0.2, -0.15) is 0 Å². The standard InChI is InChI=1S/C27H34N2O6/c1-26(2,3)22(14-23(30)31)28-24(32)27(4,16-34-5)29-25(33)35-15-21-19-12-8-6-10-17(19)18-11-7-9-13-20(18)21/h6-13,21-22H,14-16H2,1-5H3,(H,28,32)(H,29,33)(H,30,31). The van der Waals surface area contributed by atoms with E-state index >= 15 is 0 Å². The molecule has 2 aromatic carbocycles. The van der Waals surface area contributed by atoms with Crippen molar-refractivity contribution in [3.8, 4) is 11.1 Å². The average molecular weight is 483 g/mol. The lowest BCUT2D eigenvalue weighted by Crippen LogP contribution is -2.62. The summed E-state index contributed by atoms with van der Waals surface area (Å²) in [5, 5.41) is 14.7. The number of aliphatic carboxylic acids is 1. The highest BCUT2D eigenvalue weighted by molar-refractivity contribution is 5.90. The fraction of sp³-hybridized carbons (Fsp3) is 0.444. The van der Waals surface area contributed by atoms with Crippen LogP contribution < -0.4 is 10.6 Å². The van der Waals surface area contributed by atoms with E-state index in [4.69, 9.17) is 9.47 Å². The molecule has 2 atom stereocenters. The highest BCUT2D eigenvalue weighted by Gasteiger charge is 2.39. The zero-order chi connectivity index (χ0) is 25.8. The van der Waals surface area contributed by atoms with E-state index in [9.17, 15) is 19.5 Å². The van der Waals surface area contributed by atoms with E-state index in [1.165, 1.54) is 14.0 Å². The Morgan fingerprint density at radius 3 is 2.00 bits per heavy atom. The molecule has 8 heteroatoms. The molecule has 0 radical (unpaired) electrons. The third-order valence-electron chi connectivity index (χ3n) is 6.39. The molecule has 0 spiro atoms. The van der Waals surface area contributed by atoms with Crippen LogP contribution >= 0.6 is 0 Å². The molecule has 0 aliphatic heterocycles. The largest absolute Gasteiger partial charge is 0.481 e. The molecule has 0 saturated heterocycles. The monoisotopic (exact) mass is 482 g/mol. The first kappa shape index (κ1) is 26.2. The fourth-order valence-corrected chi connectivity index (χ4v) is 4.37. The second kappa shape index (κ2) is 10.5. The van der Waals surface area contributed by atoms with Crippen LogP contribution in [0, 0.1) is 5.41 Å². The highest BCUT2D eigenvalue weighted by Crippen LogP contribution is 2.44. The zero-order valence-electron chi connectivity index (χ0n) is 20.9. The van der Waals surface area contributed by atoms with E-state index in [0.717, 1.165) is 22.3 Å². The van der Waals surface area contributed by atoms with Gasteiger partial charge < -0.3 is 25.2 Å². The number of carboxylic acid groups (broad SMARTS) is 1.